The van der Waals surface area contributed by atoms with Gasteiger partial charge in [0.05, 0.1) is 12.2 Å². The summed E-state index contributed by atoms with van der Waals surface area (Å²) >= 11 is 0. The number of pyridine rings is 1. The van der Waals surface area contributed by atoms with E-state index in [4.69, 9.17) is 0 Å². The lowest BCUT2D eigenvalue weighted by molar-refractivity contribution is -0.133. The predicted octanol–water partition coefficient (Wildman–Crippen LogP) is 1.61. The Morgan fingerprint density at radius 1 is 1.17 bits per heavy atom. The first kappa shape index (κ1) is 15.8. The highest BCUT2D eigenvalue weighted by Crippen LogP contribution is 2.11. The van der Waals surface area contributed by atoms with Crippen molar-refractivity contribution in [2.24, 2.45) is 0 Å². The normalized spacial score (nSPS) is 10.5. The molecule has 0 saturated carbocycles. The van der Waals surface area contributed by atoms with Crippen LogP contribution in [0.25, 0.3) is 0 Å². The number of benzene rings is 1. The summed E-state index contributed by atoms with van der Waals surface area (Å²) in [6.07, 6.45) is 3.16. The maximum absolute atomic E-state index is 12.7. The molecule has 122 valence electrons. The van der Waals surface area contributed by atoms with Gasteiger partial charge < -0.3 is 4.90 Å². The molecule has 1 amide bonds. The fraction of sp³-hybridized carbons (Fsp3) is 0.235. The number of nitrogens with zero attached hydrogens (tertiary/aromatic N) is 6. The summed E-state index contributed by atoms with van der Waals surface area (Å²) in [7, 11) is 0. The van der Waals surface area contributed by atoms with Crippen LogP contribution >= 0.6 is 0 Å². The number of aromatic nitrogens is 5. The summed E-state index contributed by atoms with van der Waals surface area (Å²) in [6, 6.07) is 13.8. The molecule has 7 heteroatoms. The largest absolute Gasteiger partial charge is 0.331 e. The molecule has 7 nitrogen and oxygen atoms in total. The van der Waals surface area contributed by atoms with Crippen LogP contribution in [0.5, 0.6) is 0 Å². The van der Waals surface area contributed by atoms with Gasteiger partial charge in [0.15, 0.2) is 0 Å². The van der Waals surface area contributed by atoms with E-state index in [1.807, 2.05) is 43.3 Å². The molecule has 3 rings (SSSR count). The zero-order valence-electron chi connectivity index (χ0n) is 13.4. The van der Waals surface area contributed by atoms with Gasteiger partial charge in [-0.2, -0.15) is 0 Å². The number of tetrazole rings is 1. The van der Waals surface area contributed by atoms with Crippen molar-refractivity contribution in [2.75, 3.05) is 0 Å². The number of amides is 1. The van der Waals surface area contributed by atoms with E-state index in [9.17, 15) is 4.79 Å². The number of hydrogen-bond acceptors (Lipinski definition) is 5. The first-order chi connectivity index (χ1) is 11.7. The van der Waals surface area contributed by atoms with E-state index in [2.05, 4.69) is 26.6 Å². The number of aryl methyl sites for hydroxylation is 1. The molecular formula is C17H18N6O. The van der Waals surface area contributed by atoms with E-state index >= 15 is 0 Å². The predicted molar refractivity (Wildman–Crippen MR) is 87.5 cm³/mol. The van der Waals surface area contributed by atoms with Crippen LogP contribution in [0.1, 0.15) is 16.8 Å². The Morgan fingerprint density at radius 3 is 2.79 bits per heavy atom. The Labute approximate surface area is 139 Å². The monoisotopic (exact) mass is 322 g/mol. The van der Waals surface area contributed by atoms with Crippen molar-refractivity contribution in [3.63, 3.8) is 0 Å². The molecule has 0 fully saturated rings. The molecule has 0 bridgehead atoms. The number of hydrogen-bond donors (Lipinski definition) is 0. The van der Waals surface area contributed by atoms with E-state index in [-0.39, 0.29) is 12.5 Å². The Bertz CT molecular complexity index is 788. The van der Waals surface area contributed by atoms with Crippen LogP contribution in [0.4, 0.5) is 0 Å². The average Bonchev–Trinajstić information content (AvgIpc) is 3.08. The van der Waals surface area contributed by atoms with E-state index in [1.165, 1.54) is 16.6 Å². The minimum Gasteiger partial charge on any atom is -0.331 e. The SMILES string of the molecule is Cc1cccc(CN(Cc2ccccn2)C(=O)Cn2cnnn2)c1. The van der Waals surface area contributed by atoms with Crippen molar-refractivity contribution in [1.82, 2.24) is 30.1 Å². The molecule has 0 saturated heterocycles. The summed E-state index contributed by atoms with van der Waals surface area (Å²) in [6.45, 7) is 3.09. The second kappa shape index (κ2) is 7.45. The first-order valence-electron chi connectivity index (χ1n) is 7.65. The molecule has 0 aliphatic rings. The second-order valence-corrected chi connectivity index (χ2v) is 5.57. The van der Waals surface area contributed by atoms with Crippen molar-refractivity contribution in [2.45, 2.75) is 26.6 Å². The molecule has 2 aromatic heterocycles. The van der Waals surface area contributed by atoms with Gasteiger partial charge in [-0.15, -0.1) is 5.10 Å². The molecule has 0 aliphatic heterocycles. The standard InChI is InChI=1S/C17H18N6O/c1-14-5-4-6-15(9-14)10-22(11-16-7-2-3-8-18-16)17(24)12-23-13-19-20-21-23/h2-9,13H,10-12H2,1H3. The summed E-state index contributed by atoms with van der Waals surface area (Å²) in [5.74, 6) is -0.0607. The fourth-order valence-electron chi connectivity index (χ4n) is 2.44. The Hall–Kier alpha value is -3.09. The number of carbonyl (C=O) groups is 1. The molecule has 0 aliphatic carbocycles. The topological polar surface area (TPSA) is 76.8 Å². The van der Waals surface area contributed by atoms with E-state index in [0.29, 0.717) is 13.1 Å². The summed E-state index contributed by atoms with van der Waals surface area (Å²) < 4.78 is 1.42. The van der Waals surface area contributed by atoms with Gasteiger partial charge in [-0.3, -0.25) is 9.78 Å². The van der Waals surface area contributed by atoms with E-state index in [0.717, 1.165) is 11.3 Å². The van der Waals surface area contributed by atoms with Crippen molar-refractivity contribution >= 4 is 5.91 Å². The highest BCUT2D eigenvalue weighted by molar-refractivity contribution is 5.75. The van der Waals surface area contributed by atoms with Crippen LogP contribution in [-0.2, 0) is 24.4 Å². The van der Waals surface area contributed by atoms with Crippen LogP contribution in [0.2, 0.25) is 0 Å². The second-order valence-electron chi connectivity index (χ2n) is 5.57. The minimum atomic E-state index is -0.0607. The third-order valence-electron chi connectivity index (χ3n) is 3.58. The quantitative estimate of drug-likeness (QED) is 0.689. The first-order valence-corrected chi connectivity index (χ1v) is 7.65. The van der Waals surface area contributed by atoms with Gasteiger partial charge in [0.25, 0.3) is 0 Å². The maximum Gasteiger partial charge on any atom is 0.245 e. The average molecular weight is 322 g/mol. The molecule has 0 N–H and O–H groups in total. The molecule has 0 unspecified atom stereocenters. The Kier molecular flexibility index (Phi) is 4.90. The van der Waals surface area contributed by atoms with Crippen LogP contribution in [0.15, 0.2) is 55.0 Å². The third kappa shape index (κ3) is 4.22. The lowest BCUT2D eigenvalue weighted by atomic mass is 10.1. The van der Waals surface area contributed by atoms with Crippen molar-refractivity contribution in [3.8, 4) is 0 Å². The highest BCUT2D eigenvalue weighted by Gasteiger charge is 2.16. The van der Waals surface area contributed by atoms with Crippen molar-refractivity contribution in [1.29, 1.82) is 0 Å². The Morgan fingerprint density at radius 2 is 2.08 bits per heavy atom. The number of carbonyl (C=O) groups excluding carboxylic acids is 1. The maximum atomic E-state index is 12.7. The third-order valence-corrected chi connectivity index (χ3v) is 3.58. The molecular weight excluding hydrogens is 304 g/mol. The van der Waals surface area contributed by atoms with Crippen LogP contribution in [-0.4, -0.2) is 36.0 Å². The Balaban J connectivity index is 1.78. The van der Waals surface area contributed by atoms with Gasteiger partial charge in [-0.25, -0.2) is 4.68 Å². The van der Waals surface area contributed by atoms with Gasteiger partial charge in [-0.05, 0) is 35.0 Å². The van der Waals surface area contributed by atoms with Crippen molar-refractivity contribution in [3.05, 3.63) is 71.8 Å². The van der Waals surface area contributed by atoms with Crippen molar-refractivity contribution < 1.29 is 4.79 Å². The highest BCUT2D eigenvalue weighted by atomic mass is 16.2. The van der Waals surface area contributed by atoms with Gasteiger partial charge >= 0.3 is 0 Å². The smallest absolute Gasteiger partial charge is 0.245 e. The molecule has 24 heavy (non-hydrogen) atoms. The molecule has 3 aromatic rings. The van der Waals surface area contributed by atoms with E-state index in [1.54, 1.807) is 11.1 Å². The van der Waals surface area contributed by atoms with Gasteiger partial charge in [0, 0.05) is 12.7 Å². The number of rotatable bonds is 6. The molecule has 1 aromatic carbocycles. The zero-order chi connectivity index (χ0) is 16.8. The van der Waals surface area contributed by atoms with Crippen LogP contribution in [0, 0.1) is 6.92 Å². The zero-order valence-corrected chi connectivity index (χ0v) is 13.4. The van der Waals surface area contributed by atoms with Gasteiger partial charge in [0.2, 0.25) is 5.91 Å². The lowest BCUT2D eigenvalue weighted by Gasteiger charge is -2.22. The molecule has 0 radical (unpaired) electrons. The summed E-state index contributed by atoms with van der Waals surface area (Å²) in [4.78, 5) is 18.8. The van der Waals surface area contributed by atoms with Crippen LogP contribution < -0.4 is 0 Å². The van der Waals surface area contributed by atoms with E-state index < -0.39 is 0 Å². The molecule has 0 spiro atoms. The summed E-state index contributed by atoms with van der Waals surface area (Å²) in [5, 5.41) is 10.9. The minimum absolute atomic E-state index is 0.0607. The van der Waals surface area contributed by atoms with Gasteiger partial charge in [0.1, 0.15) is 12.9 Å². The molecule has 0 atom stereocenters. The lowest BCUT2D eigenvalue weighted by Crippen LogP contribution is -2.33. The fourth-order valence-corrected chi connectivity index (χ4v) is 2.44. The van der Waals surface area contributed by atoms with Crippen LogP contribution in [0.3, 0.4) is 0 Å². The summed E-state index contributed by atoms with van der Waals surface area (Å²) in [5.41, 5.74) is 3.09. The molecule has 2 heterocycles. The van der Waals surface area contributed by atoms with Gasteiger partial charge in [-0.1, -0.05) is 35.9 Å².